The minimum absolute atomic E-state index is 0.110. The second-order valence-corrected chi connectivity index (χ2v) is 6.15. The van der Waals surface area contributed by atoms with E-state index < -0.39 is 5.91 Å². The number of benzene rings is 1. The summed E-state index contributed by atoms with van der Waals surface area (Å²) in [6, 6.07) is 7.69. The first kappa shape index (κ1) is 15.2. The Morgan fingerprint density at radius 2 is 2.04 bits per heavy atom. The average molecular weight is 354 g/mol. The number of amides is 1. The van der Waals surface area contributed by atoms with E-state index in [0.717, 1.165) is 11.1 Å². The van der Waals surface area contributed by atoms with Gasteiger partial charge in [-0.1, -0.05) is 17.2 Å². The summed E-state index contributed by atoms with van der Waals surface area (Å²) < 4.78 is 10.8. The Bertz CT molecular complexity index is 1140. The van der Waals surface area contributed by atoms with Gasteiger partial charge in [0, 0.05) is 11.4 Å². The van der Waals surface area contributed by atoms with Gasteiger partial charge in [0.25, 0.3) is 11.8 Å². The second-order valence-electron chi connectivity index (χ2n) is 5.09. The number of fused-ring (bicyclic) bond motifs is 1. The molecule has 8 nitrogen and oxygen atoms in total. The van der Waals surface area contributed by atoms with Crippen molar-refractivity contribution >= 4 is 34.2 Å². The van der Waals surface area contributed by atoms with Gasteiger partial charge in [-0.25, -0.2) is 4.98 Å². The van der Waals surface area contributed by atoms with Gasteiger partial charge in [-0.3, -0.25) is 14.9 Å². The summed E-state index contributed by atoms with van der Waals surface area (Å²) >= 11 is 1.45. The Kier molecular flexibility index (Phi) is 3.62. The fourth-order valence-electron chi connectivity index (χ4n) is 2.21. The van der Waals surface area contributed by atoms with Crippen molar-refractivity contribution in [2.75, 3.05) is 5.32 Å². The molecule has 0 aliphatic heterocycles. The third kappa shape index (κ3) is 2.92. The molecule has 0 radical (unpaired) electrons. The maximum absolute atomic E-state index is 12.3. The Hall–Kier alpha value is -3.33. The van der Waals surface area contributed by atoms with Crippen LogP contribution in [0.4, 0.5) is 6.01 Å². The van der Waals surface area contributed by atoms with Gasteiger partial charge < -0.3 is 8.83 Å². The van der Waals surface area contributed by atoms with Crippen molar-refractivity contribution in [1.82, 2.24) is 15.2 Å². The zero-order valence-electron chi connectivity index (χ0n) is 12.8. The Morgan fingerprint density at radius 3 is 2.84 bits per heavy atom. The molecule has 25 heavy (non-hydrogen) atoms. The molecule has 0 aliphatic carbocycles. The van der Waals surface area contributed by atoms with Crippen LogP contribution in [-0.4, -0.2) is 21.1 Å². The van der Waals surface area contributed by atoms with E-state index in [-0.39, 0.29) is 23.1 Å². The quantitative estimate of drug-likeness (QED) is 0.602. The van der Waals surface area contributed by atoms with Crippen LogP contribution < -0.4 is 10.7 Å². The van der Waals surface area contributed by atoms with Crippen molar-refractivity contribution in [3.05, 3.63) is 56.7 Å². The molecular formula is C16H10N4O4S. The minimum Gasteiger partial charge on any atom is -0.451 e. The van der Waals surface area contributed by atoms with E-state index >= 15 is 0 Å². The van der Waals surface area contributed by atoms with Gasteiger partial charge in [0.05, 0.1) is 10.4 Å². The van der Waals surface area contributed by atoms with Crippen molar-refractivity contribution in [1.29, 1.82) is 0 Å². The molecule has 0 bridgehead atoms. The molecular weight excluding hydrogens is 344 g/mol. The van der Waals surface area contributed by atoms with Crippen LogP contribution in [0.25, 0.3) is 22.6 Å². The number of thiazole rings is 1. The molecule has 1 amide bonds. The third-order valence-electron chi connectivity index (χ3n) is 3.34. The Balaban J connectivity index is 1.60. The largest absolute Gasteiger partial charge is 0.451 e. The Labute approximate surface area is 144 Å². The molecule has 9 heteroatoms. The molecule has 4 aromatic rings. The molecule has 124 valence electrons. The van der Waals surface area contributed by atoms with Gasteiger partial charge in [-0.05, 0) is 19.1 Å². The summed E-state index contributed by atoms with van der Waals surface area (Å²) in [6.07, 6.45) is 0. The predicted molar refractivity (Wildman–Crippen MR) is 90.6 cm³/mol. The van der Waals surface area contributed by atoms with Crippen LogP contribution in [0.2, 0.25) is 0 Å². The first-order valence-electron chi connectivity index (χ1n) is 7.20. The van der Waals surface area contributed by atoms with Crippen LogP contribution >= 0.6 is 11.3 Å². The molecule has 0 spiro atoms. The lowest BCUT2D eigenvalue weighted by molar-refractivity contribution is 0.0994. The molecule has 0 atom stereocenters. The van der Waals surface area contributed by atoms with E-state index in [4.69, 9.17) is 8.83 Å². The smallest absolute Gasteiger partial charge is 0.322 e. The number of hydrogen-bond acceptors (Lipinski definition) is 8. The highest BCUT2D eigenvalue weighted by Gasteiger charge is 2.17. The van der Waals surface area contributed by atoms with E-state index in [0.29, 0.717) is 16.7 Å². The lowest BCUT2D eigenvalue weighted by Crippen LogP contribution is -2.15. The van der Waals surface area contributed by atoms with Crippen molar-refractivity contribution in [2.24, 2.45) is 0 Å². The van der Waals surface area contributed by atoms with Gasteiger partial charge in [-0.15, -0.1) is 16.4 Å². The lowest BCUT2D eigenvalue weighted by atomic mass is 10.2. The fourth-order valence-corrected chi connectivity index (χ4v) is 2.80. The predicted octanol–water partition coefficient (Wildman–Crippen LogP) is 2.86. The molecule has 3 heterocycles. The highest BCUT2D eigenvalue weighted by atomic mass is 32.1. The van der Waals surface area contributed by atoms with Crippen LogP contribution in [0.3, 0.4) is 0 Å². The standard InChI is InChI=1S/C16H10N4O4S/c1-8-17-10(7-25-8)15-19-20-16(24-15)18-14(22)13-6-11(21)9-4-2-3-5-12(9)23-13/h2-7H,1H3,(H,18,20,22). The zero-order chi connectivity index (χ0) is 17.4. The monoisotopic (exact) mass is 354 g/mol. The minimum atomic E-state index is -0.660. The first-order chi connectivity index (χ1) is 12.1. The first-order valence-corrected chi connectivity index (χ1v) is 8.08. The maximum Gasteiger partial charge on any atom is 0.322 e. The highest BCUT2D eigenvalue weighted by Crippen LogP contribution is 2.22. The number of carbonyl (C=O) groups is 1. The van der Waals surface area contributed by atoms with Crippen molar-refractivity contribution in [3.8, 4) is 11.6 Å². The number of para-hydroxylation sites is 1. The maximum atomic E-state index is 12.3. The van der Waals surface area contributed by atoms with E-state index in [2.05, 4.69) is 20.5 Å². The van der Waals surface area contributed by atoms with Gasteiger partial charge in [0.15, 0.2) is 11.2 Å². The number of aromatic nitrogens is 3. The topological polar surface area (TPSA) is 111 Å². The molecule has 3 aromatic heterocycles. The van der Waals surface area contributed by atoms with E-state index in [1.54, 1.807) is 29.6 Å². The van der Waals surface area contributed by atoms with Crippen LogP contribution in [0, 0.1) is 6.92 Å². The molecule has 0 saturated heterocycles. The van der Waals surface area contributed by atoms with Crippen LogP contribution in [0.15, 0.2) is 49.3 Å². The molecule has 1 aromatic carbocycles. The van der Waals surface area contributed by atoms with E-state index in [1.165, 1.54) is 11.3 Å². The number of nitrogens with zero attached hydrogens (tertiary/aromatic N) is 3. The van der Waals surface area contributed by atoms with Crippen molar-refractivity contribution in [3.63, 3.8) is 0 Å². The number of hydrogen-bond donors (Lipinski definition) is 1. The van der Waals surface area contributed by atoms with Gasteiger partial charge in [0.2, 0.25) is 0 Å². The SMILES string of the molecule is Cc1nc(-c2nnc(NC(=O)c3cc(=O)c4ccccc4o3)o2)cs1. The normalized spacial score (nSPS) is 10.9. The van der Waals surface area contributed by atoms with Crippen molar-refractivity contribution < 1.29 is 13.6 Å². The van der Waals surface area contributed by atoms with Crippen LogP contribution in [0.1, 0.15) is 15.6 Å². The number of nitrogens with one attached hydrogen (secondary N) is 1. The summed E-state index contributed by atoms with van der Waals surface area (Å²) in [6.45, 7) is 1.86. The number of anilines is 1. The molecule has 0 aliphatic rings. The van der Waals surface area contributed by atoms with Gasteiger partial charge >= 0.3 is 6.01 Å². The van der Waals surface area contributed by atoms with E-state index in [9.17, 15) is 9.59 Å². The van der Waals surface area contributed by atoms with Gasteiger partial charge in [0.1, 0.15) is 11.3 Å². The van der Waals surface area contributed by atoms with Crippen LogP contribution in [-0.2, 0) is 0 Å². The van der Waals surface area contributed by atoms with Gasteiger partial charge in [-0.2, -0.15) is 0 Å². The average Bonchev–Trinajstić information content (AvgIpc) is 3.23. The number of carbonyl (C=O) groups excluding carboxylic acids is 1. The highest BCUT2D eigenvalue weighted by molar-refractivity contribution is 7.09. The van der Waals surface area contributed by atoms with Crippen LogP contribution in [0.5, 0.6) is 0 Å². The summed E-state index contributed by atoms with van der Waals surface area (Å²) in [4.78, 5) is 28.6. The molecule has 0 saturated carbocycles. The summed E-state index contributed by atoms with van der Waals surface area (Å²) in [5, 5.41) is 13.0. The Morgan fingerprint density at radius 1 is 1.20 bits per heavy atom. The fraction of sp³-hybridized carbons (Fsp3) is 0.0625. The third-order valence-corrected chi connectivity index (χ3v) is 4.12. The number of aryl methyl sites for hydroxylation is 1. The molecule has 1 N–H and O–H groups in total. The van der Waals surface area contributed by atoms with E-state index in [1.807, 2.05) is 6.92 Å². The lowest BCUT2D eigenvalue weighted by Gasteiger charge is -2.01. The molecule has 4 rings (SSSR count). The second kappa shape index (κ2) is 5.95. The zero-order valence-corrected chi connectivity index (χ0v) is 13.7. The summed E-state index contributed by atoms with van der Waals surface area (Å²) in [5.74, 6) is -0.611. The van der Waals surface area contributed by atoms with Crippen molar-refractivity contribution in [2.45, 2.75) is 6.92 Å². The molecule has 0 unspecified atom stereocenters. The number of rotatable bonds is 3. The molecule has 0 fully saturated rings. The summed E-state index contributed by atoms with van der Waals surface area (Å²) in [7, 11) is 0. The summed E-state index contributed by atoms with van der Waals surface area (Å²) in [5.41, 5.74) is 0.549.